The van der Waals surface area contributed by atoms with E-state index < -0.39 is 0 Å². The van der Waals surface area contributed by atoms with Crippen LogP contribution in [0.3, 0.4) is 0 Å². The predicted octanol–water partition coefficient (Wildman–Crippen LogP) is 2.87. The van der Waals surface area contributed by atoms with Crippen molar-refractivity contribution in [1.29, 1.82) is 0 Å². The number of hydrogen-bond acceptors (Lipinski definition) is 4. The van der Waals surface area contributed by atoms with E-state index in [0.717, 1.165) is 32.5 Å². The number of esters is 1. The minimum Gasteiger partial charge on any atom is -0.466 e. The van der Waals surface area contributed by atoms with Crippen molar-refractivity contribution in [2.45, 2.75) is 32.7 Å². The third kappa shape index (κ3) is 5.43. The Labute approximate surface area is 133 Å². The average molecular weight is 305 g/mol. The maximum absolute atomic E-state index is 11.8. The SMILES string of the molecule is CCOC(=O)CC1(CN(CCOC)Cc2ccccc2)CC1. The van der Waals surface area contributed by atoms with Gasteiger partial charge in [0.2, 0.25) is 0 Å². The van der Waals surface area contributed by atoms with Gasteiger partial charge in [0.1, 0.15) is 0 Å². The van der Waals surface area contributed by atoms with Gasteiger partial charge < -0.3 is 9.47 Å². The first-order valence-electron chi connectivity index (χ1n) is 8.08. The van der Waals surface area contributed by atoms with Crippen LogP contribution in [0, 0.1) is 5.41 Å². The van der Waals surface area contributed by atoms with Crippen molar-refractivity contribution in [3.8, 4) is 0 Å². The van der Waals surface area contributed by atoms with Gasteiger partial charge in [-0.1, -0.05) is 30.3 Å². The molecule has 0 N–H and O–H groups in total. The van der Waals surface area contributed by atoms with Crippen molar-refractivity contribution in [2.75, 3.05) is 33.4 Å². The fourth-order valence-electron chi connectivity index (χ4n) is 2.84. The second kappa shape index (κ2) is 8.30. The molecule has 0 aromatic heterocycles. The monoisotopic (exact) mass is 305 g/mol. The van der Waals surface area contributed by atoms with E-state index in [2.05, 4.69) is 29.2 Å². The zero-order chi connectivity index (χ0) is 15.8. The van der Waals surface area contributed by atoms with E-state index in [-0.39, 0.29) is 11.4 Å². The second-order valence-corrected chi connectivity index (χ2v) is 6.17. The summed E-state index contributed by atoms with van der Waals surface area (Å²) < 4.78 is 10.3. The minimum absolute atomic E-state index is 0.0635. The molecule has 4 heteroatoms. The first-order chi connectivity index (χ1) is 10.7. The standard InChI is InChI=1S/C18H27NO3/c1-3-22-17(20)13-18(9-10-18)15-19(11-12-21-2)14-16-7-5-4-6-8-16/h4-8H,3,9-15H2,1-2H3. The molecule has 1 aliphatic carbocycles. The largest absolute Gasteiger partial charge is 0.466 e. The summed E-state index contributed by atoms with van der Waals surface area (Å²) in [5.41, 5.74) is 1.42. The smallest absolute Gasteiger partial charge is 0.306 e. The molecule has 0 amide bonds. The third-order valence-electron chi connectivity index (χ3n) is 4.20. The average Bonchev–Trinajstić information content (AvgIpc) is 3.25. The molecule has 0 bridgehead atoms. The molecule has 0 heterocycles. The fraction of sp³-hybridized carbons (Fsp3) is 0.611. The molecular weight excluding hydrogens is 278 g/mol. The van der Waals surface area contributed by atoms with Gasteiger partial charge in [-0.2, -0.15) is 0 Å². The van der Waals surface area contributed by atoms with Crippen LogP contribution in [0.4, 0.5) is 0 Å². The Morgan fingerprint density at radius 3 is 2.59 bits per heavy atom. The summed E-state index contributed by atoms with van der Waals surface area (Å²) in [6.07, 6.45) is 2.77. The lowest BCUT2D eigenvalue weighted by atomic mass is 10.0. The highest BCUT2D eigenvalue weighted by Gasteiger charge is 2.45. The van der Waals surface area contributed by atoms with E-state index >= 15 is 0 Å². The summed E-state index contributed by atoms with van der Waals surface area (Å²) in [5, 5.41) is 0. The van der Waals surface area contributed by atoms with Crippen molar-refractivity contribution in [2.24, 2.45) is 5.41 Å². The number of carbonyl (C=O) groups excluding carboxylic acids is 1. The van der Waals surface area contributed by atoms with Crippen LogP contribution in [0.1, 0.15) is 31.7 Å². The minimum atomic E-state index is -0.0635. The molecule has 0 spiro atoms. The van der Waals surface area contributed by atoms with E-state index in [9.17, 15) is 4.79 Å². The van der Waals surface area contributed by atoms with Gasteiger partial charge in [0, 0.05) is 26.7 Å². The van der Waals surface area contributed by atoms with E-state index in [4.69, 9.17) is 9.47 Å². The molecule has 122 valence electrons. The van der Waals surface area contributed by atoms with Gasteiger partial charge in [-0.25, -0.2) is 0 Å². The molecule has 1 aromatic carbocycles. The van der Waals surface area contributed by atoms with Gasteiger partial charge >= 0.3 is 5.97 Å². The highest BCUT2D eigenvalue weighted by Crippen LogP contribution is 2.49. The molecule has 0 unspecified atom stereocenters. The summed E-state index contributed by atoms with van der Waals surface area (Å²) in [6.45, 7) is 5.75. The summed E-state index contributed by atoms with van der Waals surface area (Å²) in [7, 11) is 1.73. The Kier molecular flexibility index (Phi) is 6.40. The molecule has 1 fully saturated rings. The van der Waals surface area contributed by atoms with Crippen LogP contribution < -0.4 is 0 Å². The van der Waals surface area contributed by atoms with E-state index in [1.807, 2.05) is 13.0 Å². The molecule has 22 heavy (non-hydrogen) atoms. The first kappa shape index (κ1) is 17.0. The van der Waals surface area contributed by atoms with Crippen LogP contribution in [-0.4, -0.2) is 44.3 Å². The zero-order valence-electron chi connectivity index (χ0n) is 13.7. The number of rotatable bonds is 10. The second-order valence-electron chi connectivity index (χ2n) is 6.17. The molecular formula is C18H27NO3. The number of hydrogen-bond donors (Lipinski definition) is 0. The van der Waals surface area contributed by atoms with Gasteiger partial charge in [0.15, 0.2) is 0 Å². The summed E-state index contributed by atoms with van der Waals surface area (Å²) in [6, 6.07) is 10.5. The molecule has 1 aliphatic rings. The lowest BCUT2D eigenvalue weighted by Crippen LogP contribution is -2.34. The van der Waals surface area contributed by atoms with Crippen molar-refractivity contribution < 1.29 is 14.3 Å². The third-order valence-corrected chi connectivity index (χ3v) is 4.20. The Balaban J connectivity index is 1.92. The summed E-state index contributed by atoms with van der Waals surface area (Å²) >= 11 is 0. The van der Waals surface area contributed by atoms with Crippen molar-refractivity contribution in [3.63, 3.8) is 0 Å². The molecule has 1 saturated carbocycles. The maximum atomic E-state index is 11.8. The van der Waals surface area contributed by atoms with Crippen LogP contribution in [-0.2, 0) is 20.8 Å². The van der Waals surface area contributed by atoms with Gasteiger partial charge in [0.25, 0.3) is 0 Å². The van der Waals surface area contributed by atoms with Crippen LogP contribution in [0.25, 0.3) is 0 Å². The predicted molar refractivity (Wildman–Crippen MR) is 86.5 cm³/mol. The molecule has 2 rings (SSSR count). The number of ether oxygens (including phenoxy) is 2. The van der Waals surface area contributed by atoms with E-state index in [1.54, 1.807) is 7.11 Å². The van der Waals surface area contributed by atoms with Crippen molar-refractivity contribution in [3.05, 3.63) is 35.9 Å². The van der Waals surface area contributed by atoms with Gasteiger partial charge in [0.05, 0.1) is 19.6 Å². The Hall–Kier alpha value is -1.39. The van der Waals surface area contributed by atoms with Crippen LogP contribution in [0.15, 0.2) is 30.3 Å². The van der Waals surface area contributed by atoms with Crippen LogP contribution >= 0.6 is 0 Å². The van der Waals surface area contributed by atoms with Crippen LogP contribution in [0.5, 0.6) is 0 Å². The van der Waals surface area contributed by atoms with Gasteiger partial charge in [-0.05, 0) is 30.7 Å². The number of carbonyl (C=O) groups is 1. The highest BCUT2D eigenvalue weighted by atomic mass is 16.5. The zero-order valence-corrected chi connectivity index (χ0v) is 13.7. The topological polar surface area (TPSA) is 38.8 Å². The Morgan fingerprint density at radius 1 is 1.27 bits per heavy atom. The van der Waals surface area contributed by atoms with E-state index in [1.165, 1.54) is 5.56 Å². The Bertz CT molecular complexity index is 457. The molecule has 0 radical (unpaired) electrons. The molecule has 0 saturated heterocycles. The normalized spacial score (nSPS) is 15.8. The van der Waals surface area contributed by atoms with Crippen LogP contribution in [0.2, 0.25) is 0 Å². The fourth-order valence-corrected chi connectivity index (χ4v) is 2.84. The van der Waals surface area contributed by atoms with E-state index in [0.29, 0.717) is 19.6 Å². The summed E-state index contributed by atoms with van der Waals surface area (Å²) in [4.78, 5) is 14.2. The lowest BCUT2D eigenvalue weighted by Gasteiger charge is -2.27. The maximum Gasteiger partial charge on any atom is 0.306 e. The number of methoxy groups -OCH3 is 1. The molecule has 0 aliphatic heterocycles. The number of nitrogens with zero attached hydrogens (tertiary/aromatic N) is 1. The summed E-state index contributed by atoms with van der Waals surface area (Å²) in [5.74, 6) is -0.0635. The Morgan fingerprint density at radius 2 is 2.00 bits per heavy atom. The van der Waals surface area contributed by atoms with Gasteiger partial charge in [-0.3, -0.25) is 9.69 Å². The molecule has 4 nitrogen and oxygen atoms in total. The lowest BCUT2D eigenvalue weighted by molar-refractivity contribution is -0.144. The van der Waals surface area contributed by atoms with Crippen molar-refractivity contribution >= 4 is 5.97 Å². The quantitative estimate of drug-likeness (QED) is 0.623. The molecule has 0 atom stereocenters. The first-order valence-corrected chi connectivity index (χ1v) is 8.08. The molecule has 1 aromatic rings. The number of benzene rings is 1. The van der Waals surface area contributed by atoms with Gasteiger partial charge in [-0.15, -0.1) is 0 Å². The highest BCUT2D eigenvalue weighted by molar-refractivity contribution is 5.70. The van der Waals surface area contributed by atoms with Crippen molar-refractivity contribution in [1.82, 2.24) is 4.90 Å².